The molecule has 102 valence electrons. The highest BCUT2D eigenvalue weighted by Crippen LogP contribution is 1.99. The number of hydrogen-bond donors (Lipinski definition) is 2. The molecule has 2 N–H and O–H groups in total. The second kappa shape index (κ2) is 7.35. The van der Waals surface area contributed by atoms with E-state index in [-0.39, 0.29) is 5.82 Å². The number of rotatable bonds is 4. The Hall–Kier alpha value is -2.27. The average molecular weight is 287 g/mol. The van der Waals surface area contributed by atoms with Gasteiger partial charge in [-0.25, -0.2) is 4.39 Å². The number of hydrogen-bond acceptors (Lipinski definition) is 2. The average Bonchev–Trinajstić information content (AvgIpc) is 2.48. The SMILES string of the molecule is Fc1ccc(C=NNC(=S)NCc2ccccc2)cc1. The van der Waals surface area contributed by atoms with Crippen LogP contribution in [0.15, 0.2) is 59.7 Å². The van der Waals surface area contributed by atoms with Crippen LogP contribution in [-0.4, -0.2) is 11.3 Å². The van der Waals surface area contributed by atoms with Gasteiger partial charge >= 0.3 is 0 Å². The van der Waals surface area contributed by atoms with E-state index < -0.39 is 0 Å². The molecule has 0 fully saturated rings. The van der Waals surface area contributed by atoms with Gasteiger partial charge in [0.2, 0.25) is 0 Å². The second-order valence-corrected chi connectivity index (χ2v) is 4.50. The molecule has 5 heteroatoms. The van der Waals surface area contributed by atoms with Gasteiger partial charge in [-0.1, -0.05) is 42.5 Å². The fourth-order valence-corrected chi connectivity index (χ4v) is 1.66. The summed E-state index contributed by atoms with van der Waals surface area (Å²) >= 11 is 5.09. The predicted molar refractivity (Wildman–Crippen MR) is 83.0 cm³/mol. The van der Waals surface area contributed by atoms with Crippen LogP contribution in [0, 0.1) is 5.82 Å². The number of nitrogens with zero attached hydrogens (tertiary/aromatic N) is 1. The lowest BCUT2D eigenvalue weighted by Crippen LogP contribution is -2.31. The van der Waals surface area contributed by atoms with Crippen molar-refractivity contribution in [3.8, 4) is 0 Å². The first-order chi connectivity index (χ1) is 9.74. The fourth-order valence-electron chi connectivity index (χ4n) is 1.53. The molecule has 0 heterocycles. The van der Waals surface area contributed by atoms with E-state index in [0.29, 0.717) is 11.7 Å². The maximum absolute atomic E-state index is 12.7. The van der Waals surface area contributed by atoms with Gasteiger partial charge in [0.25, 0.3) is 0 Å². The Morgan fingerprint density at radius 1 is 1.10 bits per heavy atom. The highest BCUT2D eigenvalue weighted by atomic mass is 32.1. The van der Waals surface area contributed by atoms with Crippen molar-refractivity contribution in [2.24, 2.45) is 5.10 Å². The van der Waals surface area contributed by atoms with Crippen LogP contribution in [0.5, 0.6) is 0 Å². The van der Waals surface area contributed by atoms with E-state index in [2.05, 4.69) is 15.8 Å². The lowest BCUT2D eigenvalue weighted by atomic mass is 10.2. The molecular formula is C15H14FN3S. The summed E-state index contributed by atoms with van der Waals surface area (Å²) in [5.74, 6) is -0.268. The number of halogens is 1. The van der Waals surface area contributed by atoms with Crippen molar-refractivity contribution in [3.05, 3.63) is 71.5 Å². The lowest BCUT2D eigenvalue weighted by molar-refractivity contribution is 0.628. The molecule has 3 nitrogen and oxygen atoms in total. The van der Waals surface area contributed by atoms with E-state index in [1.807, 2.05) is 30.3 Å². The molecule has 20 heavy (non-hydrogen) atoms. The molecule has 0 aliphatic carbocycles. The Labute approximate surface area is 122 Å². The van der Waals surface area contributed by atoms with Crippen LogP contribution in [0.3, 0.4) is 0 Å². The first kappa shape index (κ1) is 14.1. The molecule has 0 aliphatic heterocycles. The molecule has 0 spiro atoms. The Morgan fingerprint density at radius 2 is 1.80 bits per heavy atom. The number of thiocarbonyl (C=S) groups is 1. The van der Waals surface area contributed by atoms with Gasteiger partial charge in [0, 0.05) is 6.54 Å². The van der Waals surface area contributed by atoms with Crippen LogP contribution in [0.2, 0.25) is 0 Å². The molecule has 0 bridgehead atoms. The van der Waals surface area contributed by atoms with Crippen molar-refractivity contribution in [2.45, 2.75) is 6.54 Å². The third kappa shape index (κ3) is 4.78. The predicted octanol–water partition coefficient (Wildman–Crippen LogP) is 2.82. The summed E-state index contributed by atoms with van der Waals surface area (Å²) in [6, 6.07) is 16.0. The minimum absolute atomic E-state index is 0.268. The van der Waals surface area contributed by atoms with E-state index in [0.717, 1.165) is 11.1 Å². The van der Waals surface area contributed by atoms with Gasteiger partial charge in [-0.05, 0) is 35.5 Å². The minimum atomic E-state index is -0.268. The smallest absolute Gasteiger partial charge is 0.187 e. The zero-order valence-electron chi connectivity index (χ0n) is 10.7. The molecule has 2 aromatic carbocycles. The third-order valence-corrected chi connectivity index (χ3v) is 2.78. The van der Waals surface area contributed by atoms with Gasteiger partial charge in [-0.15, -0.1) is 0 Å². The Kier molecular flexibility index (Phi) is 5.20. The van der Waals surface area contributed by atoms with Gasteiger partial charge in [-0.3, -0.25) is 5.43 Å². The zero-order valence-corrected chi connectivity index (χ0v) is 11.5. The van der Waals surface area contributed by atoms with Crippen molar-refractivity contribution in [3.63, 3.8) is 0 Å². The van der Waals surface area contributed by atoms with Gasteiger partial charge in [0.15, 0.2) is 5.11 Å². The first-order valence-electron chi connectivity index (χ1n) is 6.10. The monoisotopic (exact) mass is 287 g/mol. The summed E-state index contributed by atoms with van der Waals surface area (Å²) in [5, 5.41) is 7.46. The Morgan fingerprint density at radius 3 is 2.50 bits per heavy atom. The van der Waals surface area contributed by atoms with E-state index >= 15 is 0 Å². The maximum Gasteiger partial charge on any atom is 0.187 e. The zero-order chi connectivity index (χ0) is 14.2. The molecule has 0 aromatic heterocycles. The van der Waals surface area contributed by atoms with Gasteiger partial charge in [0.05, 0.1) is 6.21 Å². The van der Waals surface area contributed by atoms with Gasteiger partial charge in [0.1, 0.15) is 5.82 Å². The lowest BCUT2D eigenvalue weighted by Gasteiger charge is -2.06. The molecule has 0 atom stereocenters. The Bertz CT molecular complexity index is 582. The van der Waals surface area contributed by atoms with E-state index in [1.165, 1.54) is 12.1 Å². The van der Waals surface area contributed by atoms with E-state index in [9.17, 15) is 4.39 Å². The number of benzene rings is 2. The standard InChI is InChI=1S/C15H14FN3S/c16-14-8-6-13(7-9-14)11-18-19-15(20)17-10-12-4-2-1-3-5-12/h1-9,11H,10H2,(H2,17,19,20). The highest BCUT2D eigenvalue weighted by Gasteiger charge is 1.94. The molecule has 0 saturated heterocycles. The maximum atomic E-state index is 12.7. The van der Waals surface area contributed by atoms with Crippen molar-refractivity contribution in [1.29, 1.82) is 0 Å². The number of hydrazone groups is 1. The molecule has 0 unspecified atom stereocenters. The first-order valence-corrected chi connectivity index (χ1v) is 6.51. The summed E-state index contributed by atoms with van der Waals surface area (Å²) in [6.07, 6.45) is 1.58. The fraction of sp³-hybridized carbons (Fsp3) is 0.0667. The summed E-state index contributed by atoms with van der Waals surface area (Å²) < 4.78 is 12.7. The molecule has 0 amide bonds. The van der Waals surface area contributed by atoms with Crippen molar-refractivity contribution < 1.29 is 4.39 Å². The van der Waals surface area contributed by atoms with E-state index in [4.69, 9.17) is 12.2 Å². The minimum Gasteiger partial charge on any atom is -0.357 e. The van der Waals surface area contributed by atoms with Crippen LogP contribution in [0.4, 0.5) is 4.39 Å². The van der Waals surface area contributed by atoms with Crippen LogP contribution in [0.1, 0.15) is 11.1 Å². The molecule has 2 rings (SSSR count). The third-order valence-electron chi connectivity index (χ3n) is 2.55. The largest absolute Gasteiger partial charge is 0.357 e. The molecule has 0 saturated carbocycles. The van der Waals surface area contributed by atoms with Crippen molar-refractivity contribution in [2.75, 3.05) is 0 Å². The van der Waals surface area contributed by atoms with Crippen LogP contribution in [-0.2, 0) is 6.54 Å². The van der Waals surface area contributed by atoms with Crippen molar-refractivity contribution in [1.82, 2.24) is 10.7 Å². The number of nitrogens with one attached hydrogen (secondary N) is 2. The summed E-state index contributed by atoms with van der Waals surface area (Å²) in [6.45, 7) is 0.638. The summed E-state index contributed by atoms with van der Waals surface area (Å²) in [5.41, 5.74) is 4.65. The second-order valence-electron chi connectivity index (χ2n) is 4.09. The normalized spacial score (nSPS) is 10.4. The Balaban J connectivity index is 1.76. The van der Waals surface area contributed by atoms with Gasteiger partial charge in [-0.2, -0.15) is 5.10 Å². The van der Waals surface area contributed by atoms with Crippen LogP contribution < -0.4 is 10.7 Å². The summed E-state index contributed by atoms with van der Waals surface area (Å²) in [4.78, 5) is 0. The van der Waals surface area contributed by atoms with Crippen LogP contribution in [0.25, 0.3) is 0 Å². The van der Waals surface area contributed by atoms with E-state index in [1.54, 1.807) is 18.3 Å². The van der Waals surface area contributed by atoms with Gasteiger partial charge < -0.3 is 5.32 Å². The molecule has 0 radical (unpaired) electrons. The quantitative estimate of drug-likeness (QED) is 0.516. The van der Waals surface area contributed by atoms with Crippen molar-refractivity contribution >= 4 is 23.5 Å². The molecule has 0 aliphatic rings. The summed E-state index contributed by atoms with van der Waals surface area (Å²) in [7, 11) is 0. The van der Waals surface area contributed by atoms with Crippen LogP contribution >= 0.6 is 12.2 Å². The molecule has 2 aromatic rings. The highest BCUT2D eigenvalue weighted by molar-refractivity contribution is 7.80. The molecular weight excluding hydrogens is 273 g/mol. The topological polar surface area (TPSA) is 36.4 Å².